The second-order valence-corrected chi connectivity index (χ2v) is 6.21. The minimum Gasteiger partial charge on any atom is -0.326 e. The molecule has 0 aliphatic heterocycles. The average molecular weight is 341 g/mol. The number of H-pyrrole nitrogens is 2. The SMILES string of the molecule is CC(=O)Nc1cccc(NC(=O)CSc2[nH]c3ccccc3[nH+]2)c1. The first kappa shape index (κ1) is 16.1. The van der Waals surface area contributed by atoms with Crippen molar-refractivity contribution in [2.75, 3.05) is 16.4 Å². The topological polar surface area (TPSA) is 88.1 Å². The van der Waals surface area contributed by atoms with Crippen LogP contribution in [-0.2, 0) is 9.59 Å². The Bertz CT molecular complexity index is 858. The molecule has 0 unspecified atom stereocenters. The number of thioether (sulfide) groups is 1. The van der Waals surface area contributed by atoms with Gasteiger partial charge in [-0.25, -0.2) is 9.97 Å². The van der Waals surface area contributed by atoms with E-state index in [1.165, 1.54) is 18.7 Å². The van der Waals surface area contributed by atoms with Gasteiger partial charge < -0.3 is 10.6 Å². The third-order valence-electron chi connectivity index (χ3n) is 3.24. The Morgan fingerprint density at radius 3 is 2.58 bits per heavy atom. The Hall–Kier alpha value is -2.80. The summed E-state index contributed by atoms with van der Waals surface area (Å²) in [5.74, 6) is 0.00338. The molecule has 24 heavy (non-hydrogen) atoms. The van der Waals surface area contributed by atoms with Crippen LogP contribution >= 0.6 is 11.8 Å². The predicted octanol–water partition coefficient (Wildman–Crippen LogP) is 2.67. The molecule has 3 aromatic rings. The lowest BCUT2D eigenvalue weighted by Crippen LogP contribution is -2.15. The predicted molar refractivity (Wildman–Crippen MR) is 95.0 cm³/mol. The number of benzene rings is 2. The van der Waals surface area contributed by atoms with Gasteiger partial charge in [-0.1, -0.05) is 18.2 Å². The van der Waals surface area contributed by atoms with Crippen molar-refractivity contribution in [1.82, 2.24) is 4.98 Å². The van der Waals surface area contributed by atoms with E-state index in [0.717, 1.165) is 16.2 Å². The van der Waals surface area contributed by atoms with Gasteiger partial charge in [-0.2, -0.15) is 0 Å². The highest BCUT2D eigenvalue weighted by atomic mass is 32.2. The maximum atomic E-state index is 12.1. The van der Waals surface area contributed by atoms with Crippen LogP contribution in [0.15, 0.2) is 53.7 Å². The molecule has 122 valence electrons. The molecule has 0 aliphatic carbocycles. The Labute approximate surface area is 143 Å². The standard InChI is InChI=1S/C17H16N4O2S/c1-11(22)18-12-5-4-6-13(9-12)19-16(23)10-24-17-20-14-7-2-3-8-15(14)21-17/h2-9H,10H2,1H3,(H,18,22)(H,19,23)(H,20,21)/p+1. The maximum absolute atomic E-state index is 12.1. The molecule has 0 saturated carbocycles. The molecule has 0 spiro atoms. The lowest BCUT2D eigenvalue weighted by molar-refractivity contribution is -0.396. The van der Waals surface area contributed by atoms with Crippen molar-refractivity contribution in [2.24, 2.45) is 0 Å². The van der Waals surface area contributed by atoms with Gasteiger partial charge in [-0.05, 0) is 42.1 Å². The number of aromatic nitrogens is 2. The summed E-state index contributed by atoms with van der Waals surface area (Å²) in [5, 5.41) is 6.34. The van der Waals surface area contributed by atoms with Gasteiger partial charge >= 0.3 is 5.16 Å². The number of hydrogen-bond donors (Lipinski definition) is 3. The van der Waals surface area contributed by atoms with E-state index in [9.17, 15) is 9.59 Å². The number of rotatable bonds is 5. The number of nitrogens with one attached hydrogen (secondary N) is 4. The molecule has 6 nitrogen and oxygen atoms in total. The van der Waals surface area contributed by atoms with Crippen LogP contribution in [0.4, 0.5) is 11.4 Å². The van der Waals surface area contributed by atoms with E-state index < -0.39 is 0 Å². The third-order valence-corrected chi connectivity index (χ3v) is 4.14. The number of hydrogen-bond acceptors (Lipinski definition) is 3. The number of aromatic amines is 2. The van der Waals surface area contributed by atoms with Gasteiger partial charge in [0.1, 0.15) is 0 Å². The molecule has 2 aromatic carbocycles. The number of anilines is 2. The van der Waals surface area contributed by atoms with Crippen LogP contribution in [0.3, 0.4) is 0 Å². The molecule has 7 heteroatoms. The monoisotopic (exact) mass is 341 g/mol. The second kappa shape index (κ2) is 7.18. The van der Waals surface area contributed by atoms with E-state index in [-0.39, 0.29) is 17.6 Å². The highest BCUT2D eigenvalue weighted by Gasteiger charge is 2.12. The van der Waals surface area contributed by atoms with Gasteiger partial charge in [0.05, 0.1) is 5.75 Å². The molecule has 0 radical (unpaired) electrons. The minimum atomic E-state index is -0.150. The lowest BCUT2D eigenvalue weighted by atomic mass is 10.2. The normalized spacial score (nSPS) is 10.5. The van der Waals surface area contributed by atoms with Crippen molar-refractivity contribution < 1.29 is 14.6 Å². The van der Waals surface area contributed by atoms with Crippen molar-refractivity contribution >= 4 is 46.0 Å². The number of para-hydroxylation sites is 2. The average Bonchev–Trinajstić information content (AvgIpc) is 2.95. The molecule has 3 rings (SSSR count). The van der Waals surface area contributed by atoms with Crippen LogP contribution in [0, 0.1) is 0 Å². The lowest BCUT2D eigenvalue weighted by Gasteiger charge is -2.07. The van der Waals surface area contributed by atoms with E-state index in [2.05, 4.69) is 20.6 Å². The Balaban J connectivity index is 1.58. The van der Waals surface area contributed by atoms with E-state index in [4.69, 9.17) is 0 Å². The summed E-state index contributed by atoms with van der Waals surface area (Å²) in [6.07, 6.45) is 0. The molecule has 1 heterocycles. The van der Waals surface area contributed by atoms with Crippen LogP contribution in [0.1, 0.15) is 6.92 Å². The highest BCUT2D eigenvalue weighted by molar-refractivity contribution is 7.99. The maximum Gasteiger partial charge on any atom is 0.315 e. The summed E-state index contributed by atoms with van der Waals surface area (Å²) in [5.41, 5.74) is 3.30. The summed E-state index contributed by atoms with van der Waals surface area (Å²) >= 11 is 1.40. The quantitative estimate of drug-likeness (QED) is 0.623. The van der Waals surface area contributed by atoms with Crippen LogP contribution in [0.2, 0.25) is 0 Å². The largest absolute Gasteiger partial charge is 0.326 e. The molecule has 2 amide bonds. The van der Waals surface area contributed by atoms with Crippen molar-refractivity contribution in [3.63, 3.8) is 0 Å². The molecular formula is C17H17N4O2S+. The smallest absolute Gasteiger partial charge is 0.315 e. The van der Waals surface area contributed by atoms with Crippen LogP contribution < -0.4 is 15.6 Å². The number of fused-ring (bicyclic) bond motifs is 1. The number of imidazole rings is 1. The Kier molecular flexibility index (Phi) is 4.81. The number of amides is 2. The van der Waals surface area contributed by atoms with Crippen LogP contribution in [-0.4, -0.2) is 22.6 Å². The zero-order valence-corrected chi connectivity index (χ0v) is 13.9. The molecule has 0 saturated heterocycles. The Morgan fingerprint density at radius 1 is 1.08 bits per heavy atom. The molecule has 1 aromatic heterocycles. The fourth-order valence-corrected chi connectivity index (χ4v) is 2.97. The van der Waals surface area contributed by atoms with E-state index >= 15 is 0 Å². The van der Waals surface area contributed by atoms with E-state index in [1.807, 2.05) is 24.3 Å². The molecule has 0 fully saturated rings. The van der Waals surface area contributed by atoms with Crippen LogP contribution in [0.25, 0.3) is 11.0 Å². The Morgan fingerprint density at radius 2 is 1.83 bits per heavy atom. The summed E-state index contributed by atoms with van der Waals surface area (Å²) in [6.45, 7) is 1.44. The van der Waals surface area contributed by atoms with Crippen molar-refractivity contribution in [1.29, 1.82) is 0 Å². The number of carbonyl (C=O) groups excluding carboxylic acids is 2. The first-order valence-electron chi connectivity index (χ1n) is 7.40. The van der Waals surface area contributed by atoms with Crippen molar-refractivity contribution in [3.05, 3.63) is 48.5 Å². The van der Waals surface area contributed by atoms with E-state index in [1.54, 1.807) is 24.3 Å². The first-order chi connectivity index (χ1) is 11.6. The van der Waals surface area contributed by atoms with Crippen molar-refractivity contribution in [3.8, 4) is 0 Å². The summed E-state index contributed by atoms with van der Waals surface area (Å²) in [7, 11) is 0. The highest BCUT2D eigenvalue weighted by Crippen LogP contribution is 2.18. The molecule has 0 bridgehead atoms. The van der Waals surface area contributed by atoms with Gasteiger partial charge in [0.15, 0.2) is 11.0 Å². The number of carbonyl (C=O) groups is 2. The van der Waals surface area contributed by atoms with Crippen LogP contribution in [0.5, 0.6) is 0 Å². The fourth-order valence-electron chi connectivity index (χ4n) is 2.26. The summed E-state index contributed by atoms with van der Waals surface area (Å²) in [6, 6.07) is 14.9. The molecule has 4 N–H and O–H groups in total. The third kappa shape index (κ3) is 4.14. The minimum absolute atomic E-state index is 0.118. The van der Waals surface area contributed by atoms with Gasteiger partial charge in [-0.15, -0.1) is 0 Å². The van der Waals surface area contributed by atoms with Gasteiger partial charge in [0.25, 0.3) is 0 Å². The van der Waals surface area contributed by atoms with Gasteiger partial charge in [-0.3, -0.25) is 9.59 Å². The summed E-state index contributed by atoms with van der Waals surface area (Å²) < 4.78 is 0. The van der Waals surface area contributed by atoms with Gasteiger partial charge in [0, 0.05) is 18.3 Å². The zero-order chi connectivity index (χ0) is 16.9. The summed E-state index contributed by atoms with van der Waals surface area (Å²) in [4.78, 5) is 29.6. The second-order valence-electron chi connectivity index (χ2n) is 5.22. The van der Waals surface area contributed by atoms with Gasteiger partial charge in [0.2, 0.25) is 11.8 Å². The molecule has 0 atom stereocenters. The van der Waals surface area contributed by atoms with Crippen molar-refractivity contribution in [2.45, 2.75) is 12.1 Å². The van der Waals surface area contributed by atoms with E-state index in [0.29, 0.717) is 11.4 Å². The fraction of sp³-hybridized carbons (Fsp3) is 0.118. The molecular weight excluding hydrogens is 324 g/mol. The molecule has 0 aliphatic rings. The first-order valence-corrected chi connectivity index (χ1v) is 8.39. The zero-order valence-electron chi connectivity index (χ0n) is 13.1.